The van der Waals surface area contributed by atoms with Crippen LogP contribution < -0.4 is 0 Å². The van der Waals surface area contributed by atoms with Crippen molar-refractivity contribution < 1.29 is 84.6 Å². The molecule has 7 aliphatic rings. The lowest BCUT2D eigenvalue weighted by molar-refractivity contribution is -0.346. The van der Waals surface area contributed by atoms with E-state index in [9.17, 15) is 56.2 Å². The van der Waals surface area contributed by atoms with Crippen LogP contribution >= 0.6 is 0 Å². The summed E-state index contributed by atoms with van der Waals surface area (Å²) in [6.07, 6.45) is -12.4. The predicted molar refractivity (Wildman–Crippen MR) is 228 cm³/mol. The van der Waals surface area contributed by atoms with E-state index in [0.29, 0.717) is 25.7 Å². The molecule has 4 saturated carbocycles. The summed E-state index contributed by atoms with van der Waals surface area (Å²) in [5.74, 6) is -0.0478. The highest BCUT2D eigenvalue weighted by Crippen LogP contribution is 2.76. The number of ether oxygens (including phenoxy) is 6. The zero-order chi connectivity index (χ0) is 47.1. The summed E-state index contributed by atoms with van der Waals surface area (Å²) >= 11 is 0. The Morgan fingerprint density at radius 1 is 0.672 bits per heavy atom. The van der Waals surface area contributed by atoms with Crippen LogP contribution in [0.2, 0.25) is 0 Å². The molecule has 24 atom stereocenters. The van der Waals surface area contributed by atoms with Crippen LogP contribution in [-0.4, -0.2) is 180 Å². The van der Waals surface area contributed by atoms with Crippen LogP contribution in [0.3, 0.4) is 0 Å². The quantitative estimate of drug-likeness (QED) is 0.0946. The largest absolute Gasteiger partial charge is 0.394 e. The zero-order valence-corrected chi connectivity index (χ0v) is 39.0. The molecule has 0 bridgehead atoms. The van der Waals surface area contributed by atoms with E-state index in [-0.39, 0.29) is 52.6 Å². The second-order valence-corrected chi connectivity index (χ2v) is 22.5. The third-order valence-corrected chi connectivity index (χ3v) is 18.4. The van der Waals surface area contributed by atoms with E-state index >= 15 is 0 Å². The fourth-order valence-corrected chi connectivity index (χ4v) is 14.5. The Balaban J connectivity index is 1.11. The molecule has 3 saturated heterocycles. The van der Waals surface area contributed by atoms with Gasteiger partial charge < -0.3 is 84.6 Å². The molecule has 17 nitrogen and oxygen atoms in total. The number of hydrogen-bond donors (Lipinski definition) is 11. The van der Waals surface area contributed by atoms with E-state index in [1.807, 2.05) is 20.8 Å². The minimum atomic E-state index is -1.68. The third kappa shape index (κ3) is 8.60. The molecule has 0 aromatic rings. The average molecular weight is 917 g/mol. The number of aliphatic hydroxyl groups excluding tert-OH is 11. The molecular weight excluding hydrogens is 836 g/mol. The summed E-state index contributed by atoms with van der Waals surface area (Å²) in [7, 11) is 0. The minimum absolute atomic E-state index is 0.149. The number of hydrogen-bond acceptors (Lipinski definition) is 17. The molecule has 3 heterocycles. The summed E-state index contributed by atoms with van der Waals surface area (Å²) in [5.41, 5.74) is -0.948. The highest BCUT2D eigenvalue weighted by Gasteiger charge is 2.72. The lowest BCUT2D eigenvalue weighted by atomic mass is 9.35. The molecule has 18 unspecified atom stereocenters. The van der Waals surface area contributed by atoms with Crippen molar-refractivity contribution in [3.8, 4) is 0 Å². The van der Waals surface area contributed by atoms with E-state index in [1.165, 1.54) is 0 Å². The lowest BCUT2D eigenvalue weighted by Gasteiger charge is -2.71. The summed E-state index contributed by atoms with van der Waals surface area (Å²) in [5, 5.41) is 118. The molecule has 0 amide bonds. The summed E-state index contributed by atoms with van der Waals surface area (Å²) < 4.78 is 36.5. The zero-order valence-electron chi connectivity index (χ0n) is 39.0. The number of aliphatic hydroxyl groups is 11. The molecule has 0 radical (unpaired) electrons. The number of allylic oxidation sites excluding steroid dienone is 2. The van der Waals surface area contributed by atoms with Crippen molar-refractivity contribution in [1.82, 2.24) is 0 Å². The van der Waals surface area contributed by atoms with Gasteiger partial charge in [0.15, 0.2) is 18.9 Å². The molecule has 0 aromatic heterocycles. The Kier molecular flexibility index (Phi) is 14.9. The highest BCUT2D eigenvalue weighted by atomic mass is 16.7. The Hall–Kier alpha value is -0.940. The van der Waals surface area contributed by atoms with Gasteiger partial charge in [-0.3, -0.25) is 0 Å². The monoisotopic (exact) mass is 917 g/mol. The van der Waals surface area contributed by atoms with Gasteiger partial charge in [0.1, 0.15) is 67.1 Å². The molecule has 64 heavy (non-hydrogen) atoms. The van der Waals surface area contributed by atoms with Crippen LogP contribution in [0.15, 0.2) is 11.6 Å². The van der Waals surface area contributed by atoms with Crippen molar-refractivity contribution in [2.24, 2.45) is 45.3 Å². The molecule has 7 rings (SSSR count). The fourth-order valence-electron chi connectivity index (χ4n) is 14.5. The van der Waals surface area contributed by atoms with Gasteiger partial charge in [-0.05, 0) is 124 Å². The fraction of sp³-hybridized carbons (Fsp3) is 0.957. The van der Waals surface area contributed by atoms with Crippen molar-refractivity contribution in [3.63, 3.8) is 0 Å². The first-order chi connectivity index (χ1) is 29.9. The molecule has 11 N–H and O–H groups in total. The second kappa shape index (κ2) is 18.8. The van der Waals surface area contributed by atoms with Crippen LogP contribution in [0.25, 0.3) is 0 Å². The molecule has 0 aromatic carbocycles. The van der Waals surface area contributed by atoms with Gasteiger partial charge in [0.05, 0.1) is 37.6 Å². The maximum absolute atomic E-state index is 12.7. The van der Waals surface area contributed by atoms with Gasteiger partial charge >= 0.3 is 0 Å². The number of fused-ring (bicyclic) bond motifs is 5. The summed E-state index contributed by atoms with van der Waals surface area (Å²) in [6, 6.07) is 0. The van der Waals surface area contributed by atoms with Gasteiger partial charge in [-0.2, -0.15) is 0 Å². The van der Waals surface area contributed by atoms with Crippen LogP contribution in [-0.2, 0) is 28.4 Å². The molecular formula is C47H80O17. The maximum Gasteiger partial charge on any atom is 0.187 e. The Bertz CT molecular complexity index is 1630. The highest BCUT2D eigenvalue weighted by molar-refractivity contribution is 5.20. The van der Waals surface area contributed by atoms with Crippen LogP contribution in [0.5, 0.6) is 0 Å². The van der Waals surface area contributed by atoms with Crippen molar-refractivity contribution in [2.45, 2.75) is 217 Å². The minimum Gasteiger partial charge on any atom is -0.394 e. The Morgan fingerprint density at radius 3 is 1.94 bits per heavy atom. The van der Waals surface area contributed by atoms with Crippen LogP contribution in [0.4, 0.5) is 0 Å². The molecule has 0 spiro atoms. The van der Waals surface area contributed by atoms with E-state index in [1.54, 1.807) is 0 Å². The molecule has 370 valence electrons. The van der Waals surface area contributed by atoms with E-state index in [2.05, 4.69) is 40.7 Å². The predicted octanol–water partition coefficient (Wildman–Crippen LogP) is 0.612. The standard InChI is InChI=1S/C47H80O17/c1-22(2)10-9-14-47(8,64-42-39(58)36(55)34(53)27(62-42)21-60-40-37(56)32(51)25(50)20-59-40)23-11-16-46(7)31(23)24(49)18-29-44(5)15-13-30(43(3,4)28(44)12-17-45(29,46)6)63-41-38(57)35(54)33(52)26(19-48)61-41/h10,23-42,48-58H,9,11-21H2,1-8H3/t23?,24-,25?,26?,27?,28?,29?,30+,31?,32?,33?,34?,35?,36?,37?,38?,39?,40?,41?,42?,44+,45-,46-,47+/m1/s1. The lowest BCUT2D eigenvalue weighted by Crippen LogP contribution is -2.67. The van der Waals surface area contributed by atoms with Crippen LogP contribution in [0, 0.1) is 45.3 Å². The van der Waals surface area contributed by atoms with Gasteiger partial charge in [0.2, 0.25) is 0 Å². The molecule has 7 fully saturated rings. The topological polar surface area (TPSA) is 278 Å². The first-order valence-electron chi connectivity index (χ1n) is 23.8. The van der Waals surface area contributed by atoms with Gasteiger partial charge in [-0.15, -0.1) is 0 Å². The summed E-state index contributed by atoms with van der Waals surface area (Å²) in [4.78, 5) is 0. The van der Waals surface area contributed by atoms with Crippen LogP contribution in [0.1, 0.15) is 113 Å². The maximum atomic E-state index is 12.7. The molecule has 4 aliphatic carbocycles. The normalized spacial score (nSPS) is 52.5. The van der Waals surface area contributed by atoms with Gasteiger partial charge in [-0.1, -0.05) is 46.3 Å². The van der Waals surface area contributed by atoms with E-state index in [4.69, 9.17) is 28.4 Å². The van der Waals surface area contributed by atoms with E-state index < -0.39 is 116 Å². The van der Waals surface area contributed by atoms with Crippen molar-refractivity contribution in [2.75, 3.05) is 19.8 Å². The van der Waals surface area contributed by atoms with Gasteiger partial charge in [-0.25, -0.2) is 0 Å². The van der Waals surface area contributed by atoms with Gasteiger partial charge in [0, 0.05) is 0 Å². The van der Waals surface area contributed by atoms with Crippen molar-refractivity contribution in [1.29, 1.82) is 0 Å². The SMILES string of the molecule is CC(C)=CCC[C@](C)(OC1OC(COC2OCC(O)C(O)C2O)C(O)C(O)C1O)C1CC[C@]2(C)C1[C@H](O)CC1[C@@]3(C)CC[C@H](OC4OC(CO)C(O)C(O)C4O)C(C)(C)C3CC[C@]12C. The summed E-state index contributed by atoms with van der Waals surface area (Å²) in [6.45, 7) is 16.3. The van der Waals surface area contributed by atoms with E-state index in [0.717, 1.165) is 37.7 Å². The first kappa shape index (κ1) is 50.9. The van der Waals surface area contributed by atoms with Crippen molar-refractivity contribution >= 4 is 0 Å². The number of rotatable bonds is 12. The first-order valence-corrected chi connectivity index (χ1v) is 23.8. The smallest absolute Gasteiger partial charge is 0.187 e. The molecule has 3 aliphatic heterocycles. The third-order valence-electron chi connectivity index (χ3n) is 18.4. The Morgan fingerprint density at radius 2 is 1.28 bits per heavy atom. The van der Waals surface area contributed by atoms with Gasteiger partial charge in [0.25, 0.3) is 0 Å². The Labute approximate surface area is 377 Å². The average Bonchev–Trinajstić information content (AvgIpc) is 3.62. The van der Waals surface area contributed by atoms with Crippen molar-refractivity contribution in [3.05, 3.63) is 11.6 Å². The molecule has 17 heteroatoms. The second-order valence-electron chi connectivity index (χ2n) is 22.5.